The molecule has 0 radical (unpaired) electrons. The molecular weight excluding hydrogens is 314 g/mol. The average Bonchev–Trinajstić information content (AvgIpc) is 2.78. The number of esters is 1. The lowest BCUT2D eigenvalue weighted by Crippen LogP contribution is -2.49. The molecule has 7 nitrogen and oxygen atoms in total. The fourth-order valence-corrected chi connectivity index (χ4v) is 2.89. The zero-order valence-electron chi connectivity index (χ0n) is 14.0. The quantitative estimate of drug-likeness (QED) is 0.694. The van der Waals surface area contributed by atoms with Crippen LogP contribution < -0.4 is 0 Å². The zero-order valence-corrected chi connectivity index (χ0v) is 14.0. The van der Waals surface area contributed by atoms with E-state index in [1.165, 1.54) is 14.2 Å². The van der Waals surface area contributed by atoms with Crippen molar-refractivity contribution in [2.45, 2.75) is 31.0 Å². The molecule has 1 fully saturated rings. The van der Waals surface area contributed by atoms with Gasteiger partial charge in [-0.2, -0.15) is 0 Å². The first-order valence-corrected chi connectivity index (χ1v) is 7.92. The highest BCUT2D eigenvalue weighted by atomic mass is 16.7. The fourth-order valence-electron chi connectivity index (χ4n) is 2.89. The summed E-state index contributed by atoms with van der Waals surface area (Å²) in [5.41, 5.74) is 0.983. The van der Waals surface area contributed by atoms with Crippen molar-refractivity contribution in [3.63, 3.8) is 0 Å². The lowest BCUT2D eigenvalue weighted by atomic mass is 10.0. The van der Waals surface area contributed by atoms with Crippen LogP contribution in [0.25, 0.3) is 0 Å². The van der Waals surface area contributed by atoms with Crippen LogP contribution in [0.5, 0.6) is 0 Å². The van der Waals surface area contributed by atoms with Crippen LogP contribution in [0, 0.1) is 0 Å². The van der Waals surface area contributed by atoms with E-state index in [0.717, 1.165) is 5.56 Å². The molecule has 0 amide bonds. The topological polar surface area (TPSA) is 88.5 Å². The molecule has 1 aromatic carbocycles. The highest BCUT2D eigenvalue weighted by molar-refractivity contribution is 5.76. The van der Waals surface area contributed by atoms with E-state index in [-0.39, 0.29) is 13.2 Å². The van der Waals surface area contributed by atoms with Gasteiger partial charge in [0.1, 0.15) is 12.1 Å². The van der Waals surface area contributed by atoms with Gasteiger partial charge in [0.05, 0.1) is 19.8 Å². The second kappa shape index (κ2) is 9.10. The smallest absolute Gasteiger partial charge is 0.323 e. The number of benzene rings is 1. The van der Waals surface area contributed by atoms with Crippen LogP contribution in [0.1, 0.15) is 5.56 Å². The number of methoxy groups -OCH3 is 2. The van der Waals surface area contributed by atoms with Gasteiger partial charge in [-0.25, -0.2) is 0 Å². The maximum atomic E-state index is 12.3. The second-order valence-corrected chi connectivity index (χ2v) is 5.79. The van der Waals surface area contributed by atoms with E-state index in [4.69, 9.17) is 14.2 Å². The largest absolute Gasteiger partial charge is 0.468 e. The predicted octanol–water partition coefficient (Wildman–Crippen LogP) is -0.203. The first-order valence-electron chi connectivity index (χ1n) is 7.92. The van der Waals surface area contributed by atoms with E-state index in [1.807, 2.05) is 30.3 Å². The Hall–Kier alpha value is -1.51. The van der Waals surface area contributed by atoms with Gasteiger partial charge >= 0.3 is 5.97 Å². The predicted molar refractivity (Wildman–Crippen MR) is 86.3 cm³/mol. The van der Waals surface area contributed by atoms with Crippen LogP contribution in [0.2, 0.25) is 0 Å². The normalized spacial score (nSPS) is 26.6. The Kier molecular flexibility index (Phi) is 7.14. The highest BCUT2D eigenvalue weighted by Crippen LogP contribution is 2.19. The standard InChI is InChI=1S/C17H25NO6/c1-22-16(21)14(8-12-6-4-3-5-7-12)18-9-13(11-19)24-17(23-2)15(20)10-18/h3-7,13-15,17,19-20H,8-11H2,1-2H3/t13-,14?,15+,17-/m0/s1. The average molecular weight is 339 g/mol. The molecule has 1 aliphatic rings. The number of aliphatic hydroxyl groups is 2. The Morgan fingerprint density at radius 2 is 2.04 bits per heavy atom. The summed E-state index contributed by atoms with van der Waals surface area (Å²) in [6, 6.07) is 9.00. The van der Waals surface area contributed by atoms with Gasteiger partial charge < -0.3 is 24.4 Å². The van der Waals surface area contributed by atoms with E-state index in [1.54, 1.807) is 4.90 Å². The number of carbonyl (C=O) groups is 1. The Morgan fingerprint density at radius 1 is 1.33 bits per heavy atom. The second-order valence-electron chi connectivity index (χ2n) is 5.79. The first kappa shape index (κ1) is 18.8. The number of aliphatic hydroxyl groups excluding tert-OH is 2. The fraction of sp³-hybridized carbons (Fsp3) is 0.588. The molecule has 1 aliphatic heterocycles. The third-order valence-corrected chi connectivity index (χ3v) is 4.12. The van der Waals surface area contributed by atoms with Gasteiger partial charge in [-0.15, -0.1) is 0 Å². The monoisotopic (exact) mass is 339 g/mol. The molecule has 2 rings (SSSR count). The molecule has 4 atom stereocenters. The highest BCUT2D eigenvalue weighted by Gasteiger charge is 2.37. The van der Waals surface area contributed by atoms with Crippen molar-refractivity contribution in [1.82, 2.24) is 4.90 Å². The van der Waals surface area contributed by atoms with Crippen molar-refractivity contribution in [3.05, 3.63) is 35.9 Å². The van der Waals surface area contributed by atoms with Crippen LogP contribution in [0.15, 0.2) is 30.3 Å². The third-order valence-electron chi connectivity index (χ3n) is 4.12. The molecule has 1 heterocycles. The molecule has 0 saturated carbocycles. The third kappa shape index (κ3) is 4.75. The summed E-state index contributed by atoms with van der Waals surface area (Å²) in [5.74, 6) is -0.390. The van der Waals surface area contributed by atoms with Crippen LogP contribution in [0.3, 0.4) is 0 Å². The minimum absolute atomic E-state index is 0.182. The summed E-state index contributed by atoms with van der Waals surface area (Å²) < 4.78 is 15.6. The van der Waals surface area contributed by atoms with E-state index in [0.29, 0.717) is 13.0 Å². The van der Waals surface area contributed by atoms with Gasteiger partial charge in [0.25, 0.3) is 0 Å². The van der Waals surface area contributed by atoms with Crippen molar-refractivity contribution >= 4 is 5.97 Å². The Balaban J connectivity index is 2.21. The van der Waals surface area contributed by atoms with Gasteiger partial charge in [0, 0.05) is 20.2 Å². The summed E-state index contributed by atoms with van der Waals surface area (Å²) >= 11 is 0. The van der Waals surface area contributed by atoms with Gasteiger partial charge in [0.15, 0.2) is 6.29 Å². The molecule has 0 spiro atoms. The molecule has 1 unspecified atom stereocenters. The summed E-state index contributed by atoms with van der Waals surface area (Å²) in [6.45, 7) is 0.240. The maximum absolute atomic E-state index is 12.3. The molecule has 0 bridgehead atoms. The van der Waals surface area contributed by atoms with Crippen LogP contribution in [-0.4, -0.2) is 79.5 Å². The van der Waals surface area contributed by atoms with Gasteiger partial charge in [-0.3, -0.25) is 9.69 Å². The zero-order chi connectivity index (χ0) is 17.5. The number of hydrogen-bond acceptors (Lipinski definition) is 7. The van der Waals surface area contributed by atoms with Crippen molar-refractivity contribution in [2.75, 3.05) is 33.9 Å². The van der Waals surface area contributed by atoms with Crippen molar-refractivity contribution < 1.29 is 29.2 Å². The minimum atomic E-state index is -0.936. The maximum Gasteiger partial charge on any atom is 0.323 e. The van der Waals surface area contributed by atoms with Crippen molar-refractivity contribution in [3.8, 4) is 0 Å². The molecule has 7 heteroatoms. The molecule has 1 aromatic rings. The van der Waals surface area contributed by atoms with Crippen LogP contribution in [0.4, 0.5) is 0 Å². The number of nitrogens with zero attached hydrogens (tertiary/aromatic N) is 1. The Bertz CT molecular complexity index is 509. The number of ether oxygens (including phenoxy) is 3. The van der Waals surface area contributed by atoms with E-state index in [9.17, 15) is 15.0 Å². The van der Waals surface area contributed by atoms with E-state index < -0.39 is 30.5 Å². The van der Waals surface area contributed by atoms with E-state index >= 15 is 0 Å². The van der Waals surface area contributed by atoms with Crippen molar-refractivity contribution in [2.24, 2.45) is 0 Å². The number of hydrogen-bond donors (Lipinski definition) is 2. The summed E-state index contributed by atoms with van der Waals surface area (Å²) in [5, 5.41) is 19.8. The SMILES string of the molecule is COC(=O)C(Cc1ccccc1)N1C[C@@H](CO)O[C@H](OC)[C@H](O)C1. The Labute approximate surface area is 141 Å². The number of β-amino-alcohol motifs (C(OH)–C–C–N with tert-alkyl or cyclic N) is 1. The van der Waals surface area contributed by atoms with Crippen LogP contribution >= 0.6 is 0 Å². The van der Waals surface area contributed by atoms with E-state index in [2.05, 4.69) is 0 Å². The molecule has 2 N–H and O–H groups in total. The molecule has 0 aliphatic carbocycles. The van der Waals surface area contributed by atoms with Gasteiger partial charge in [0.2, 0.25) is 0 Å². The van der Waals surface area contributed by atoms with Crippen molar-refractivity contribution in [1.29, 1.82) is 0 Å². The van der Waals surface area contributed by atoms with Crippen LogP contribution in [-0.2, 0) is 25.4 Å². The Morgan fingerprint density at radius 3 is 2.62 bits per heavy atom. The molecule has 0 aromatic heterocycles. The number of carbonyl (C=O) groups excluding carboxylic acids is 1. The summed E-state index contributed by atoms with van der Waals surface area (Å²) in [6.07, 6.45) is -1.90. The lowest BCUT2D eigenvalue weighted by molar-refractivity contribution is -0.196. The van der Waals surface area contributed by atoms with Gasteiger partial charge in [-0.1, -0.05) is 30.3 Å². The molecular formula is C17H25NO6. The molecule has 134 valence electrons. The van der Waals surface area contributed by atoms with Gasteiger partial charge in [-0.05, 0) is 12.0 Å². The summed E-state index contributed by atoms with van der Waals surface area (Å²) in [7, 11) is 2.77. The number of rotatable bonds is 6. The molecule has 24 heavy (non-hydrogen) atoms. The molecule has 1 saturated heterocycles. The minimum Gasteiger partial charge on any atom is -0.468 e. The first-order chi connectivity index (χ1) is 11.6. The lowest BCUT2D eigenvalue weighted by Gasteiger charge is -2.30. The summed E-state index contributed by atoms with van der Waals surface area (Å²) in [4.78, 5) is 14.1.